The summed E-state index contributed by atoms with van der Waals surface area (Å²) in [4.78, 5) is 23.5. The second-order valence-corrected chi connectivity index (χ2v) is 3.95. The van der Waals surface area contributed by atoms with Crippen molar-refractivity contribution in [1.29, 1.82) is 0 Å². The number of Topliss-reactive ketones (excluding diaryl/α,β-unsaturated/α-hetero) is 1. The molecule has 20 heavy (non-hydrogen) atoms. The van der Waals surface area contributed by atoms with E-state index >= 15 is 0 Å². The smallest absolute Gasteiger partial charge is 0.416 e. The maximum absolute atomic E-state index is 12.5. The van der Waals surface area contributed by atoms with Crippen LogP contribution in [0.25, 0.3) is 0 Å². The van der Waals surface area contributed by atoms with Crippen LogP contribution >= 0.6 is 0 Å². The zero-order valence-corrected chi connectivity index (χ0v) is 10.3. The topological polar surface area (TPSA) is 57.5 Å². The molecule has 1 heterocycles. The molecule has 2 rings (SSSR count). The molecule has 0 bridgehead atoms. The Morgan fingerprint density at radius 2 is 2.05 bits per heavy atom. The van der Waals surface area contributed by atoms with Crippen LogP contribution in [0.1, 0.15) is 22.8 Å². The molecule has 0 aromatic heterocycles. The van der Waals surface area contributed by atoms with Crippen LogP contribution in [-0.4, -0.2) is 18.4 Å². The lowest BCUT2D eigenvalue weighted by Crippen LogP contribution is -2.22. The third-order valence-corrected chi connectivity index (χ3v) is 2.64. The molecule has 0 amide bonds. The summed E-state index contributed by atoms with van der Waals surface area (Å²) in [6, 6.07) is 2.56. The number of alkyl halides is 3. The van der Waals surface area contributed by atoms with Gasteiger partial charge in [0, 0.05) is 11.8 Å². The molecule has 1 aliphatic heterocycles. The summed E-state index contributed by atoms with van der Waals surface area (Å²) in [6.45, 7) is 1.66. The van der Waals surface area contributed by atoms with E-state index in [1.165, 1.54) is 0 Å². The van der Waals surface area contributed by atoms with E-state index in [4.69, 9.17) is 0 Å². The minimum Gasteiger partial charge on any atom is -0.462 e. The highest BCUT2D eigenvalue weighted by atomic mass is 19.4. The van der Waals surface area contributed by atoms with Gasteiger partial charge in [0.1, 0.15) is 5.57 Å². The number of halogens is 3. The highest BCUT2D eigenvalue weighted by molar-refractivity contribution is 6.26. The quantitative estimate of drug-likeness (QED) is 0.619. The highest BCUT2D eigenvalue weighted by Crippen LogP contribution is 2.34. The molecule has 1 aromatic carbocycles. The summed E-state index contributed by atoms with van der Waals surface area (Å²) in [5.74, 6) is -1.53. The van der Waals surface area contributed by atoms with Crippen LogP contribution in [-0.2, 0) is 15.7 Å². The van der Waals surface area contributed by atoms with Crippen molar-refractivity contribution in [2.45, 2.75) is 13.1 Å². The van der Waals surface area contributed by atoms with Gasteiger partial charge in [-0.05, 0) is 25.1 Å². The molecular formula is C13H9F3NO3. The minimum atomic E-state index is -4.52. The molecule has 0 aliphatic carbocycles. The lowest BCUT2D eigenvalue weighted by Gasteiger charge is -2.16. The van der Waals surface area contributed by atoms with E-state index in [-0.39, 0.29) is 23.4 Å². The van der Waals surface area contributed by atoms with E-state index in [0.29, 0.717) is 0 Å². The summed E-state index contributed by atoms with van der Waals surface area (Å²) >= 11 is 0. The number of fused-ring (bicyclic) bond motifs is 1. The molecule has 0 saturated heterocycles. The van der Waals surface area contributed by atoms with E-state index in [0.717, 1.165) is 24.4 Å². The molecular weight excluding hydrogens is 275 g/mol. The number of ketones is 1. The van der Waals surface area contributed by atoms with E-state index in [2.05, 4.69) is 10.1 Å². The molecule has 0 spiro atoms. The Morgan fingerprint density at radius 3 is 2.65 bits per heavy atom. The standard InChI is InChI=1S/C13H9F3NO3/c1-2-20-12(19)9-6-17-10-5-7(13(14,15)16)3-4-8(10)11(9)18/h3-6H,2H2,1H3. The molecule has 4 nitrogen and oxygen atoms in total. The van der Waals surface area contributed by atoms with Crippen molar-refractivity contribution in [3.05, 3.63) is 41.1 Å². The van der Waals surface area contributed by atoms with Crippen molar-refractivity contribution < 1.29 is 27.5 Å². The van der Waals surface area contributed by atoms with Crippen molar-refractivity contribution in [2.75, 3.05) is 6.61 Å². The van der Waals surface area contributed by atoms with Crippen molar-refractivity contribution >= 4 is 17.4 Å². The van der Waals surface area contributed by atoms with Gasteiger partial charge in [-0.3, -0.25) is 10.1 Å². The highest BCUT2D eigenvalue weighted by Gasteiger charge is 2.34. The first kappa shape index (κ1) is 14.1. The summed E-state index contributed by atoms with van der Waals surface area (Å²) in [6.07, 6.45) is -3.58. The van der Waals surface area contributed by atoms with Gasteiger partial charge in [-0.25, -0.2) is 4.79 Å². The molecule has 7 heteroatoms. The van der Waals surface area contributed by atoms with Crippen LogP contribution in [0.5, 0.6) is 0 Å². The minimum absolute atomic E-state index is 0.0523. The number of benzene rings is 1. The molecule has 0 saturated carbocycles. The fourth-order valence-electron chi connectivity index (χ4n) is 1.70. The van der Waals surface area contributed by atoms with Gasteiger partial charge in [0.05, 0.1) is 17.9 Å². The first-order chi connectivity index (χ1) is 9.34. The second kappa shape index (κ2) is 4.99. The number of esters is 1. The molecule has 1 aliphatic rings. The van der Waals surface area contributed by atoms with Crippen LogP contribution in [0.3, 0.4) is 0 Å². The maximum atomic E-state index is 12.5. The Bertz CT molecular complexity index is 605. The number of carbonyl (C=O) groups is 2. The second-order valence-electron chi connectivity index (χ2n) is 3.95. The number of carbonyl (C=O) groups excluding carboxylic acids is 2. The van der Waals surface area contributed by atoms with Crippen LogP contribution in [0, 0.1) is 0 Å². The summed E-state index contributed by atoms with van der Waals surface area (Å²) < 4.78 is 42.3. The summed E-state index contributed by atoms with van der Waals surface area (Å²) in [5.41, 5.74) is -1.36. The Hall–Kier alpha value is -2.31. The predicted molar refractivity (Wildman–Crippen MR) is 62.3 cm³/mol. The maximum Gasteiger partial charge on any atom is 0.416 e. The Labute approximate surface area is 112 Å². The van der Waals surface area contributed by atoms with Gasteiger partial charge in [-0.15, -0.1) is 0 Å². The van der Waals surface area contributed by atoms with Gasteiger partial charge in [0.2, 0.25) is 5.78 Å². The van der Waals surface area contributed by atoms with Gasteiger partial charge >= 0.3 is 12.1 Å². The number of hydrogen-bond donors (Lipinski definition) is 0. The van der Waals surface area contributed by atoms with Gasteiger partial charge in [-0.1, -0.05) is 0 Å². The first-order valence-corrected chi connectivity index (χ1v) is 5.68. The Balaban J connectivity index is 2.35. The molecule has 0 unspecified atom stereocenters. The van der Waals surface area contributed by atoms with Crippen LogP contribution in [0.2, 0.25) is 0 Å². The van der Waals surface area contributed by atoms with E-state index < -0.39 is 23.5 Å². The normalized spacial score (nSPS) is 14.2. The van der Waals surface area contributed by atoms with Crippen LogP contribution in [0.4, 0.5) is 18.9 Å². The number of ether oxygens (including phenoxy) is 1. The van der Waals surface area contributed by atoms with E-state index in [1.54, 1.807) is 6.92 Å². The first-order valence-electron chi connectivity index (χ1n) is 5.68. The van der Waals surface area contributed by atoms with Crippen molar-refractivity contribution in [1.82, 2.24) is 5.32 Å². The molecule has 0 atom stereocenters. The summed E-state index contributed by atoms with van der Waals surface area (Å²) in [7, 11) is 0. The van der Waals surface area contributed by atoms with Crippen molar-refractivity contribution in [2.24, 2.45) is 0 Å². The number of hydrogen-bond acceptors (Lipinski definition) is 3. The zero-order chi connectivity index (χ0) is 14.9. The number of nitrogens with zero attached hydrogens (tertiary/aromatic N) is 1. The molecule has 0 fully saturated rings. The number of rotatable bonds is 2. The fraction of sp³-hybridized carbons (Fsp3) is 0.231. The van der Waals surface area contributed by atoms with E-state index in [1.807, 2.05) is 0 Å². The lowest BCUT2D eigenvalue weighted by molar-refractivity contribution is -0.138. The van der Waals surface area contributed by atoms with Crippen LogP contribution in [0.15, 0.2) is 30.0 Å². The molecule has 105 valence electrons. The Kier molecular flexibility index (Phi) is 3.52. The average Bonchev–Trinajstić information content (AvgIpc) is 2.38. The Morgan fingerprint density at radius 1 is 1.35 bits per heavy atom. The average molecular weight is 284 g/mol. The third-order valence-electron chi connectivity index (χ3n) is 2.64. The van der Waals surface area contributed by atoms with Gasteiger partial charge in [0.25, 0.3) is 0 Å². The lowest BCUT2D eigenvalue weighted by atomic mass is 9.97. The monoisotopic (exact) mass is 284 g/mol. The zero-order valence-electron chi connectivity index (χ0n) is 10.3. The molecule has 1 aromatic rings. The fourth-order valence-corrected chi connectivity index (χ4v) is 1.70. The van der Waals surface area contributed by atoms with Crippen molar-refractivity contribution in [3.63, 3.8) is 0 Å². The van der Waals surface area contributed by atoms with Gasteiger partial charge in [0.15, 0.2) is 0 Å². The predicted octanol–water partition coefficient (Wildman–Crippen LogP) is 2.58. The largest absolute Gasteiger partial charge is 0.462 e. The third kappa shape index (κ3) is 2.52. The van der Waals surface area contributed by atoms with Gasteiger partial charge in [-0.2, -0.15) is 13.2 Å². The molecule has 1 radical (unpaired) electrons. The van der Waals surface area contributed by atoms with Gasteiger partial charge < -0.3 is 4.74 Å². The van der Waals surface area contributed by atoms with Crippen LogP contribution < -0.4 is 5.32 Å². The van der Waals surface area contributed by atoms with Crippen molar-refractivity contribution in [3.8, 4) is 0 Å². The summed E-state index contributed by atoms with van der Waals surface area (Å²) in [5, 5.41) is 3.72. The van der Waals surface area contributed by atoms with E-state index in [9.17, 15) is 22.8 Å². The SMILES string of the molecule is CCOC(=O)C1=C[N]c2cc(C(F)(F)F)ccc2C1=O. The molecule has 0 N–H and O–H groups in total.